The van der Waals surface area contributed by atoms with Gasteiger partial charge in [0.15, 0.2) is 5.96 Å². The number of thioether (sulfide) groups is 1. The van der Waals surface area contributed by atoms with Crippen molar-refractivity contribution in [2.75, 3.05) is 44.1 Å². The molecule has 0 radical (unpaired) electrons. The minimum atomic E-state index is 0. The normalized spacial score (nSPS) is 14.1. The molecule has 0 amide bonds. The molecule has 1 heterocycles. The summed E-state index contributed by atoms with van der Waals surface area (Å²) in [5, 5.41) is 6.70. The van der Waals surface area contributed by atoms with Crippen LogP contribution in [0.4, 0.5) is 5.69 Å². The summed E-state index contributed by atoms with van der Waals surface area (Å²) < 4.78 is 0. The molecule has 0 aromatic heterocycles. The van der Waals surface area contributed by atoms with Crippen LogP contribution in [-0.4, -0.2) is 45.2 Å². The molecule has 0 saturated carbocycles. The molecule has 4 nitrogen and oxygen atoms in total. The van der Waals surface area contributed by atoms with Crippen LogP contribution in [0.15, 0.2) is 23.2 Å². The third-order valence-corrected chi connectivity index (χ3v) is 4.39. The van der Waals surface area contributed by atoms with Crippen LogP contribution in [0.25, 0.3) is 0 Å². The van der Waals surface area contributed by atoms with Gasteiger partial charge in [-0.2, -0.15) is 11.8 Å². The quantitative estimate of drug-likeness (QED) is 0.324. The first-order chi connectivity index (χ1) is 10.2. The molecule has 0 atom stereocenters. The van der Waals surface area contributed by atoms with E-state index in [1.165, 1.54) is 29.7 Å². The van der Waals surface area contributed by atoms with Crippen LogP contribution in [0.3, 0.4) is 0 Å². The Hall–Kier alpha value is -0.630. The Bertz CT molecular complexity index is 493. The zero-order valence-corrected chi connectivity index (χ0v) is 16.8. The largest absolute Gasteiger partial charge is 0.374 e. The molecule has 0 fully saturated rings. The molecule has 1 aromatic rings. The van der Waals surface area contributed by atoms with Crippen molar-refractivity contribution < 1.29 is 0 Å². The maximum absolute atomic E-state index is 4.25. The van der Waals surface area contributed by atoms with Crippen molar-refractivity contribution in [2.45, 2.75) is 19.4 Å². The fraction of sp³-hybridized carbons (Fsp3) is 0.562. The second-order valence-corrected chi connectivity index (χ2v) is 6.32. The van der Waals surface area contributed by atoms with E-state index in [9.17, 15) is 0 Å². The predicted molar refractivity (Wildman–Crippen MR) is 110 cm³/mol. The van der Waals surface area contributed by atoms with E-state index < -0.39 is 0 Å². The number of anilines is 1. The third kappa shape index (κ3) is 5.53. The number of guanidine groups is 1. The van der Waals surface area contributed by atoms with Crippen molar-refractivity contribution in [1.29, 1.82) is 0 Å². The molecule has 6 heteroatoms. The van der Waals surface area contributed by atoms with Gasteiger partial charge in [-0.3, -0.25) is 4.99 Å². The smallest absolute Gasteiger partial charge is 0.191 e. The van der Waals surface area contributed by atoms with Crippen LogP contribution in [-0.2, 0) is 13.0 Å². The molecular weight excluding hydrogens is 407 g/mol. The van der Waals surface area contributed by atoms with E-state index in [1.807, 2.05) is 18.8 Å². The fourth-order valence-corrected chi connectivity index (χ4v) is 2.93. The number of benzene rings is 1. The number of halogens is 1. The van der Waals surface area contributed by atoms with Crippen molar-refractivity contribution in [3.8, 4) is 0 Å². The topological polar surface area (TPSA) is 39.7 Å². The number of aliphatic imine (C=N–C) groups is 1. The van der Waals surface area contributed by atoms with Crippen molar-refractivity contribution >= 4 is 47.4 Å². The zero-order chi connectivity index (χ0) is 15.1. The Kier molecular flexibility index (Phi) is 9.00. The van der Waals surface area contributed by atoms with Crippen molar-refractivity contribution in [2.24, 2.45) is 4.99 Å². The Morgan fingerprint density at radius 1 is 1.36 bits per heavy atom. The number of aryl methyl sites for hydroxylation is 1. The first kappa shape index (κ1) is 19.4. The van der Waals surface area contributed by atoms with Gasteiger partial charge in [-0.05, 0) is 36.3 Å². The van der Waals surface area contributed by atoms with Gasteiger partial charge in [-0.15, -0.1) is 24.0 Å². The minimum absolute atomic E-state index is 0. The van der Waals surface area contributed by atoms with Gasteiger partial charge in [-0.1, -0.05) is 12.1 Å². The van der Waals surface area contributed by atoms with E-state index in [0.717, 1.165) is 31.3 Å². The van der Waals surface area contributed by atoms with E-state index >= 15 is 0 Å². The highest BCUT2D eigenvalue weighted by Crippen LogP contribution is 2.26. The number of rotatable bonds is 5. The molecule has 0 bridgehead atoms. The summed E-state index contributed by atoms with van der Waals surface area (Å²) in [7, 11) is 3.99. The monoisotopic (exact) mass is 434 g/mol. The van der Waals surface area contributed by atoms with Gasteiger partial charge in [0.25, 0.3) is 0 Å². The van der Waals surface area contributed by atoms with Crippen LogP contribution in [0.1, 0.15) is 17.5 Å². The van der Waals surface area contributed by atoms with E-state index in [1.54, 1.807) is 0 Å². The molecule has 0 spiro atoms. The Balaban J connectivity index is 0.00000242. The Labute approximate surface area is 155 Å². The average molecular weight is 434 g/mol. The summed E-state index contributed by atoms with van der Waals surface area (Å²) in [6.45, 7) is 2.92. The summed E-state index contributed by atoms with van der Waals surface area (Å²) >= 11 is 1.83. The van der Waals surface area contributed by atoms with Crippen molar-refractivity contribution in [1.82, 2.24) is 10.6 Å². The van der Waals surface area contributed by atoms with Gasteiger partial charge in [0, 0.05) is 45.2 Å². The molecule has 2 rings (SSSR count). The third-order valence-electron chi connectivity index (χ3n) is 3.78. The van der Waals surface area contributed by atoms with Crippen LogP contribution < -0.4 is 15.5 Å². The minimum Gasteiger partial charge on any atom is -0.374 e. The predicted octanol–water partition coefficient (Wildman–Crippen LogP) is 2.72. The molecule has 2 N–H and O–H groups in total. The Morgan fingerprint density at radius 3 is 2.91 bits per heavy atom. The zero-order valence-electron chi connectivity index (χ0n) is 13.7. The van der Waals surface area contributed by atoms with Crippen LogP contribution >= 0.6 is 35.7 Å². The number of fused-ring (bicyclic) bond motifs is 1. The molecule has 0 saturated heterocycles. The van der Waals surface area contributed by atoms with Crippen LogP contribution in [0.5, 0.6) is 0 Å². The lowest BCUT2D eigenvalue weighted by molar-refractivity contribution is 0.741. The molecule has 1 aliphatic rings. The lowest BCUT2D eigenvalue weighted by Crippen LogP contribution is -2.38. The van der Waals surface area contributed by atoms with E-state index in [2.05, 4.69) is 52.0 Å². The summed E-state index contributed by atoms with van der Waals surface area (Å²) in [6.07, 6.45) is 4.55. The molecular formula is C16H27IN4S. The van der Waals surface area contributed by atoms with Gasteiger partial charge < -0.3 is 15.5 Å². The number of hydrogen-bond acceptors (Lipinski definition) is 3. The molecule has 0 aliphatic carbocycles. The highest BCUT2D eigenvalue weighted by Gasteiger charge is 2.13. The molecule has 124 valence electrons. The van der Waals surface area contributed by atoms with Gasteiger partial charge in [0.2, 0.25) is 0 Å². The summed E-state index contributed by atoms with van der Waals surface area (Å²) in [5.74, 6) is 1.96. The number of hydrogen-bond donors (Lipinski definition) is 2. The molecule has 1 aliphatic heterocycles. The van der Waals surface area contributed by atoms with Gasteiger partial charge in [0.1, 0.15) is 0 Å². The second-order valence-electron chi connectivity index (χ2n) is 5.33. The second kappa shape index (κ2) is 10.2. The van der Waals surface area contributed by atoms with E-state index in [-0.39, 0.29) is 24.0 Å². The maximum atomic E-state index is 4.25. The summed E-state index contributed by atoms with van der Waals surface area (Å²) in [5.41, 5.74) is 4.16. The Morgan fingerprint density at radius 2 is 2.18 bits per heavy atom. The summed E-state index contributed by atoms with van der Waals surface area (Å²) in [6, 6.07) is 6.78. The molecule has 1 aromatic carbocycles. The van der Waals surface area contributed by atoms with Gasteiger partial charge >= 0.3 is 0 Å². The lowest BCUT2D eigenvalue weighted by Gasteiger charge is -2.28. The molecule has 22 heavy (non-hydrogen) atoms. The van der Waals surface area contributed by atoms with Crippen LogP contribution in [0.2, 0.25) is 0 Å². The van der Waals surface area contributed by atoms with Crippen molar-refractivity contribution in [3.05, 3.63) is 29.3 Å². The average Bonchev–Trinajstić information content (AvgIpc) is 2.51. The molecule has 0 unspecified atom stereocenters. The fourth-order valence-electron chi connectivity index (χ4n) is 2.63. The number of nitrogens with zero attached hydrogens (tertiary/aromatic N) is 2. The van der Waals surface area contributed by atoms with E-state index in [4.69, 9.17) is 0 Å². The first-order valence-corrected chi connectivity index (χ1v) is 8.90. The van der Waals surface area contributed by atoms with Gasteiger partial charge in [0.05, 0.1) is 0 Å². The first-order valence-electron chi connectivity index (χ1n) is 7.51. The standard InChI is InChI=1S/C16H26N4S.HI/c1-17-16(18-8-10-21-3)19-12-13-6-7-15-14(11-13)5-4-9-20(15)2;/h6-7,11H,4-5,8-10,12H2,1-3H3,(H2,17,18,19);1H. The number of nitrogens with one attached hydrogen (secondary N) is 2. The van der Waals surface area contributed by atoms with E-state index in [0.29, 0.717) is 0 Å². The lowest BCUT2D eigenvalue weighted by atomic mass is 9.99. The highest BCUT2D eigenvalue weighted by molar-refractivity contribution is 14.0. The maximum Gasteiger partial charge on any atom is 0.191 e. The van der Waals surface area contributed by atoms with Crippen molar-refractivity contribution in [3.63, 3.8) is 0 Å². The van der Waals surface area contributed by atoms with Crippen LogP contribution in [0, 0.1) is 0 Å². The highest BCUT2D eigenvalue weighted by atomic mass is 127. The van der Waals surface area contributed by atoms with Gasteiger partial charge in [-0.25, -0.2) is 0 Å². The summed E-state index contributed by atoms with van der Waals surface area (Å²) in [4.78, 5) is 6.60. The SMILES string of the molecule is CN=C(NCCSC)NCc1ccc2c(c1)CCCN2C.I.